The molecule has 0 aliphatic rings. The highest BCUT2D eigenvalue weighted by Gasteiger charge is 2.15. The molecule has 2 aromatic rings. The molecule has 0 saturated heterocycles. The fourth-order valence-electron chi connectivity index (χ4n) is 1.80. The van der Waals surface area contributed by atoms with Crippen LogP contribution < -0.4 is 0 Å². The van der Waals surface area contributed by atoms with E-state index >= 15 is 0 Å². The van der Waals surface area contributed by atoms with Gasteiger partial charge in [0.2, 0.25) is 0 Å². The van der Waals surface area contributed by atoms with Crippen LogP contribution in [0.2, 0.25) is 0 Å². The molecule has 0 bridgehead atoms. The number of hydrogen-bond donors (Lipinski definition) is 1. The summed E-state index contributed by atoms with van der Waals surface area (Å²) in [6, 6.07) is 3.93. The van der Waals surface area contributed by atoms with Crippen molar-refractivity contribution in [3.05, 3.63) is 34.9 Å². The second-order valence-corrected chi connectivity index (χ2v) is 5.70. The Labute approximate surface area is 112 Å². The van der Waals surface area contributed by atoms with Gasteiger partial charge in [0.25, 0.3) is 0 Å². The monoisotopic (exact) mass is 262 g/mol. The quantitative estimate of drug-likeness (QED) is 0.901. The van der Waals surface area contributed by atoms with Crippen LogP contribution in [0.1, 0.15) is 18.9 Å². The van der Waals surface area contributed by atoms with Gasteiger partial charge < -0.3 is 5.11 Å². The number of rotatable bonds is 5. The fraction of sp³-hybridized carbons (Fsp3) is 0.429. The molecule has 0 aliphatic heterocycles. The number of aliphatic hydroxyl groups is 1. The average molecular weight is 262 g/mol. The molecule has 2 aromatic heterocycles. The first kappa shape index (κ1) is 13.2. The Kier molecular flexibility index (Phi) is 4.44. The topological polar surface area (TPSA) is 46.0 Å². The molecular weight excluding hydrogens is 244 g/mol. The van der Waals surface area contributed by atoms with Gasteiger partial charge in [-0.25, -0.2) is 4.98 Å². The third kappa shape index (κ3) is 3.15. The van der Waals surface area contributed by atoms with Crippen LogP contribution >= 0.6 is 11.3 Å². The summed E-state index contributed by atoms with van der Waals surface area (Å²) in [6.07, 6.45) is 4.40. The van der Waals surface area contributed by atoms with Gasteiger partial charge in [0.15, 0.2) is 0 Å². The van der Waals surface area contributed by atoms with Crippen molar-refractivity contribution < 1.29 is 5.11 Å². The van der Waals surface area contributed by atoms with Gasteiger partial charge in [0.1, 0.15) is 0 Å². The van der Waals surface area contributed by atoms with Crippen LogP contribution in [-0.4, -0.2) is 21.7 Å². The predicted octanol–water partition coefficient (Wildman–Crippen LogP) is 3.01. The van der Waals surface area contributed by atoms with E-state index in [2.05, 4.69) is 29.2 Å². The van der Waals surface area contributed by atoms with Gasteiger partial charge in [-0.3, -0.25) is 4.98 Å². The number of nitrogens with zero attached hydrogens (tertiary/aromatic N) is 2. The van der Waals surface area contributed by atoms with Gasteiger partial charge in [-0.05, 0) is 24.0 Å². The Balaban J connectivity index is 2.11. The van der Waals surface area contributed by atoms with Crippen LogP contribution in [0.4, 0.5) is 0 Å². The summed E-state index contributed by atoms with van der Waals surface area (Å²) in [7, 11) is 0. The van der Waals surface area contributed by atoms with Gasteiger partial charge in [-0.15, -0.1) is 11.3 Å². The maximum absolute atomic E-state index is 9.35. The molecule has 4 heteroatoms. The Hall–Kier alpha value is -1.26. The third-order valence-electron chi connectivity index (χ3n) is 3.14. The summed E-state index contributed by atoms with van der Waals surface area (Å²) in [5.74, 6) is 0.768. The summed E-state index contributed by atoms with van der Waals surface area (Å²) < 4.78 is 0. The highest BCUT2D eigenvalue weighted by molar-refractivity contribution is 7.09. The van der Waals surface area contributed by atoms with Gasteiger partial charge in [0.05, 0.1) is 10.7 Å². The van der Waals surface area contributed by atoms with Crippen molar-refractivity contribution >= 4 is 11.3 Å². The lowest BCUT2D eigenvalue weighted by Gasteiger charge is -2.16. The lowest BCUT2D eigenvalue weighted by atomic mass is 9.94. The van der Waals surface area contributed by atoms with E-state index in [4.69, 9.17) is 0 Å². The Morgan fingerprint density at radius 2 is 2.00 bits per heavy atom. The first-order valence-corrected chi connectivity index (χ1v) is 7.04. The van der Waals surface area contributed by atoms with E-state index in [1.54, 1.807) is 23.7 Å². The first-order valence-electron chi connectivity index (χ1n) is 6.16. The van der Waals surface area contributed by atoms with Gasteiger partial charge in [-0.1, -0.05) is 13.8 Å². The maximum Gasteiger partial charge on any atom is 0.0936 e. The smallest absolute Gasteiger partial charge is 0.0936 e. The molecule has 0 fully saturated rings. The second kappa shape index (κ2) is 6.07. The molecule has 0 amide bonds. The third-order valence-corrected chi connectivity index (χ3v) is 4.01. The number of thiazole rings is 1. The van der Waals surface area contributed by atoms with Crippen molar-refractivity contribution in [2.75, 3.05) is 6.61 Å². The minimum Gasteiger partial charge on any atom is -0.396 e. The van der Waals surface area contributed by atoms with Crippen molar-refractivity contribution in [2.45, 2.75) is 20.3 Å². The molecule has 96 valence electrons. The molecule has 0 saturated carbocycles. The van der Waals surface area contributed by atoms with Crippen LogP contribution in [0, 0.1) is 11.8 Å². The molecule has 0 radical (unpaired) electrons. The normalized spacial score (nSPS) is 12.9. The molecule has 18 heavy (non-hydrogen) atoms. The van der Waals surface area contributed by atoms with E-state index in [-0.39, 0.29) is 6.61 Å². The Morgan fingerprint density at radius 3 is 2.61 bits per heavy atom. The van der Waals surface area contributed by atoms with Gasteiger partial charge in [-0.2, -0.15) is 0 Å². The van der Waals surface area contributed by atoms with Crippen molar-refractivity contribution in [1.29, 1.82) is 0 Å². The number of aromatic nitrogens is 2. The molecule has 0 aromatic carbocycles. The number of hydrogen-bond acceptors (Lipinski definition) is 4. The van der Waals surface area contributed by atoms with Crippen molar-refractivity contribution in [2.24, 2.45) is 11.8 Å². The summed E-state index contributed by atoms with van der Waals surface area (Å²) in [4.78, 5) is 8.64. The van der Waals surface area contributed by atoms with E-state index in [0.29, 0.717) is 11.8 Å². The van der Waals surface area contributed by atoms with E-state index in [9.17, 15) is 5.11 Å². The minimum absolute atomic E-state index is 0.224. The van der Waals surface area contributed by atoms with E-state index in [1.165, 1.54) is 0 Å². The molecule has 0 aliphatic carbocycles. The van der Waals surface area contributed by atoms with Crippen LogP contribution in [0.3, 0.4) is 0 Å². The standard InChI is InChI=1S/C14H18N2OS/c1-10(2)12(8-17)7-14-16-13(9-18-14)11-3-5-15-6-4-11/h3-6,9-10,12,17H,7-8H2,1-2H3. The van der Waals surface area contributed by atoms with E-state index in [0.717, 1.165) is 22.7 Å². The highest BCUT2D eigenvalue weighted by Crippen LogP contribution is 2.24. The van der Waals surface area contributed by atoms with Crippen LogP contribution in [-0.2, 0) is 6.42 Å². The van der Waals surface area contributed by atoms with Gasteiger partial charge >= 0.3 is 0 Å². The fourth-order valence-corrected chi connectivity index (χ4v) is 2.69. The van der Waals surface area contributed by atoms with Crippen LogP contribution in [0.5, 0.6) is 0 Å². The highest BCUT2D eigenvalue weighted by atomic mass is 32.1. The predicted molar refractivity (Wildman–Crippen MR) is 74.5 cm³/mol. The number of pyridine rings is 1. The largest absolute Gasteiger partial charge is 0.396 e. The average Bonchev–Trinajstić information content (AvgIpc) is 2.85. The van der Waals surface area contributed by atoms with Crippen LogP contribution in [0.25, 0.3) is 11.3 Å². The van der Waals surface area contributed by atoms with Gasteiger partial charge in [0, 0.05) is 36.4 Å². The zero-order valence-corrected chi connectivity index (χ0v) is 11.5. The molecule has 2 heterocycles. The lowest BCUT2D eigenvalue weighted by molar-refractivity contribution is 0.189. The van der Waals surface area contributed by atoms with Crippen LogP contribution in [0.15, 0.2) is 29.9 Å². The van der Waals surface area contributed by atoms with E-state index < -0.39 is 0 Å². The maximum atomic E-state index is 9.35. The first-order chi connectivity index (χ1) is 8.70. The van der Waals surface area contributed by atoms with Crippen molar-refractivity contribution in [3.8, 4) is 11.3 Å². The second-order valence-electron chi connectivity index (χ2n) is 4.75. The Morgan fingerprint density at radius 1 is 1.28 bits per heavy atom. The summed E-state index contributed by atoms with van der Waals surface area (Å²) in [5, 5.41) is 12.5. The molecule has 2 rings (SSSR count). The molecule has 1 atom stereocenters. The SMILES string of the molecule is CC(C)C(CO)Cc1nc(-c2ccncc2)cs1. The van der Waals surface area contributed by atoms with Crippen molar-refractivity contribution in [3.63, 3.8) is 0 Å². The molecule has 0 spiro atoms. The number of aliphatic hydroxyl groups excluding tert-OH is 1. The molecule has 1 N–H and O–H groups in total. The zero-order valence-electron chi connectivity index (χ0n) is 10.7. The van der Waals surface area contributed by atoms with Crippen molar-refractivity contribution in [1.82, 2.24) is 9.97 Å². The van der Waals surface area contributed by atoms with E-state index in [1.807, 2.05) is 12.1 Å². The minimum atomic E-state index is 0.224. The molecule has 1 unspecified atom stereocenters. The zero-order chi connectivity index (χ0) is 13.0. The summed E-state index contributed by atoms with van der Waals surface area (Å²) in [5.41, 5.74) is 2.09. The molecule has 3 nitrogen and oxygen atoms in total. The summed E-state index contributed by atoms with van der Waals surface area (Å²) in [6.45, 7) is 4.50. The summed E-state index contributed by atoms with van der Waals surface area (Å²) >= 11 is 1.66. The molecular formula is C14H18N2OS. The lowest BCUT2D eigenvalue weighted by Crippen LogP contribution is -2.16. The Bertz CT molecular complexity index is 482.